The van der Waals surface area contributed by atoms with Crippen molar-refractivity contribution in [3.63, 3.8) is 0 Å². The van der Waals surface area contributed by atoms with Crippen molar-refractivity contribution in [1.82, 2.24) is 51.5 Å². The number of rotatable bonds is 38. The number of unbranched alkanes of at least 4 members (excludes halogenated alkanes) is 1. The van der Waals surface area contributed by atoms with Gasteiger partial charge in [0.1, 0.15) is 24.2 Å². The Morgan fingerprint density at radius 1 is 0.750 bits per heavy atom. The average Bonchev–Trinajstić information content (AvgIpc) is 3.96. The van der Waals surface area contributed by atoms with Crippen LogP contribution in [0.3, 0.4) is 0 Å². The minimum Gasteiger partial charge on any atom is -0.379 e. The van der Waals surface area contributed by atoms with Crippen LogP contribution >= 0.6 is 11.8 Å². The molecule has 24 heteroatoms. The highest BCUT2D eigenvalue weighted by Gasteiger charge is 2.44. The molecule has 0 spiro atoms. The number of imide groups is 1. The van der Waals surface area contributed by atoms with Crippen molar-refractivity contribution < 1.29 is 57.4 Å². The van der Waals surface area contributed by atoms with Gasteiger partial charge in [0, 0.05) is 72.4 Å². The van der Waals surface area contributed by atoms with Crippen molar-refractivity contribution in [3.05, 3.63) is 48.0 Å². The Morgan fingerprint density at radius 3 is 1.92 bits per heavy atom. The summed E-state index contributed by atoms with van der Waals surface area (Å²) < 4.78 is 12.2. The summed E-state index contributed by atoms with van der Waals surface area (Å²) in [5.74, 6) is -5.27. The average molecular weight is 1200 g/mol. The molecule has 1 aromatic rings. The van der Waals surface area contributed by atoms with Gasteiger partial charge in [0.05, 0.1) is 42.7 Å². The highest BCUT2D eigenvalue weighted by molar-refractivity contribution is 7.98. The molecule has 0 bridgehead atoms. The van der Waals surface area contributed by atoms with Crippen LogP contribution in [0.15, 0.2) is 42.5 Å². The second-order valence-corrected chi connectivity index (χ2v) is 23.9. The van der Waals surface area contributed by atoms with E-state index in [1.165, 1.54) is 26.0 Å². The largest absolute Gasteiger partial charge is 0.379 e. The van der Waals surface area contributed by atoms with Crippen LogP contribution in [0.4, 0.5) is 0 Å². The van der Waals surface area contributed by atoms with E-state index in [2.05, 4.69) is 31.9 Å². The molecule has 0 aliphatic carbocycles. The van der Waals surface area contributed by atoms with Crippen LogP contribution in [-0.4, -0.2) is 213 Å². The molecule has 0 radical (unpaired) electrons. The number of hydrogen-bond acceptors (Lipinski definition) is 15. The number of thioether (sulfide) groups is 1. The molecule has 1 unspecified atom stereocenters. The summed E-state index contributed by atoms with van der Waals surface area (Å²) in [6.45, 7) is 14.1. The number of hydrogen-bond donors (Lipinski definition) is 7. The molecule has 11 atom stereocenters. The second kappa shape index (κ2) is 36.8. The van der Waals surface area contributed by atoms with Crippen molar-refractivity contribution in [1.29, 1.82) is 0 Å². The van der Waals surface area contributed by atoms with E-state index in [9.17, 15) is 47.9 Å². The van der Waals surface area contributed by atoms with Crippen LogP contribution in [0.2, 0.25) is 0 Å². The zero-order chi connectivity index (χ0) is 62.8. The fraction of sp³-hybridized carbons (Fsp3) is 0.700. The number of carbonyl (C=O) groups is 10. The Balaban J connectivity index is 1.80. The van der Waals surface area contributed by atoms with Crippen molar-refractivity contribution in [2.75, 3.05) is 80.1 Å². The molecule has 2 aliphatic heterocycles. The zero-order valence-corrected chi connectivity index (χ0v) is 52.9. The first-order valence-corrected chi connectivity index (χ1v) is 31.1. The van der Waals surface area contributed by atoms with E-state index in [0.717, 1.165) is 22.6 Å². The molecule has 472 valence electrons. The van der Waals surface area contributed by atoms with Crippen LogP contribution in [0.25, 0.3) is 0 Å². The Hall–Kier alpha value is -5.95. The fourth-order valence-electron chi connectivity index (χ4n) is 11.0. The van der Waals surface area contributed by atoms with E-state index in [0.29, 0.717) is 50.9 Å². The van der Waals surface area contributed by atoms with Crippen LogP contribution in [0, 0.1) is 23.7 Å². The van der Waals surface area contributed by atoms with Gasteiger partial charge in [-0.05, 0) is 94.5 Å². The maximum Gasteiger partial charge on any atom is 0.253 e. The first-order valence-electron chi connectivity index (χ1n) is 29.7. The number of likely N-dealkylation sites (N-methyl/N-ethyl adjacent to an activating group) is 2. The standard InChI is InChI=1S/C60H99N11O12S/c1-14-39(6)53(69(10)60(81)51(37(2)3)67-59(80)52(38(4)5)68(8)9)46(82-11)36-50(75)70-32-20-24-45(70)54(83-12)40(7)55(76)66-44(35-41-21-16-15-17-22-41)58(79)65-43(28-34-84-13)57(78)64-42(23-18-19-29-61)56(77)63-31-30-62-47(72)27-33-71-48(73)25-26-49(71)74/h15-17,21-22,25-26,37-40,42-46,51-54H,14,18-20,23-24,27-36,61H2,1-13H3,(H,62,72)(H,63,77)(H,64,78)(H,65,79)(H,66,76)(H,67,80)/t39-,40+,42+,43-,44-,45-,46+,51-,52-,53-,54?/m0/s1. The number of methoxy groups -OCH3 is 2. The Kier molecular flexibility index (Phi) is 31.7. The van der Waals surface area contributed by atoms with Gasteiger partial charge in [-0.25, -0.2) is 0 Å². The van der Waals surface area contributed by atoms with Crippen LogP contribution < -0.4 is 37.6 Å². The SMILES string of the molecule is CC[C@H](C)[C@@H]([C@@H](CC(=O)N1CCC[C@H]1C(OC)[C@@H](C)C(=O)N[C@@H](Cc1ccccc1)C(=O)N[C@@H](CCSC)C(=O)N[C@H](CCCCN)C(=O)NCCNC(=O)CCN1C(=O)C=CC1=O)OC)N(C)C(=O)[C@@H](NC(=O)[C@H](C(C)C)N(C)C)C(C)C. The van der Waals surface area contributed by atoms with Crippen LogP contribution in [0.5, 0.6) is 0 Å². The number of nitrogens with one attached hydrogen (secondary N) is 6. The van der Waals surface area contributed by atoms with Gasteiger partial charge in [0.2, 0.25) is 47.3 Å². The van der Waals surface area contributed by atoms with Crippen molar-refractivity contribution in [3.8, 4) is 0 Å². The van der Waals surface area contributed by atoms with Gasteiger partial charge in [-0.2, -0.15) is 11.8 Å². The first-order chi connectivity index (χ1) is 39.9. The summed E-state index contributed by atoms with van der Waals surface area (Å²) in [6, 6.07) is 3.41. The van der Waals surface area contributed by atoms with Gasteiger partial charge >= 0.3 is 0 Å². The molecular weight excluding hydrogens is 1100 g/mol. The molecule has 1 saturated heterocycles. The summed E-state index contributed by atoms with van der Waals surface area (Å²) in [6.07, 6.45) is 5.77. The molecule has 1 fully saturated rings. The highest BCUT2D eigenvalue weighted by atomic mass is 32.2. The number of nitrogens with zero attached hydrogens (tertiary/aromatic N) is 4. The van der Waals surface area contributed by atoms with E-state index in [1.807, 2.05) is 97.1 Å². The number of benzene rings is 1. The summed E-state index contributed by atoms with van der Waals surface area (Å²) >= 11 is 1.46. The third kappa shape index (κ3) is 21.8. The quantitative estimate of drug-likeness (QED) is 0.0367. The molecule has 8 N–H and O–H groups in total. The second-order valence-electron chi connectivity index (χ2n) is 23.0. The Bertz CT molecular complexity index is 2340. The van der Waals surface area contributed by atoms with Gasteiger partial charge in [0.25, 0.3) is 11.8 Å². The normalized spacial score (nSPS) is 17.8. The monoisotopic (exact) mass is 1200 g/mol. The Labute approximate surface area is 502 Å². The molecule has 0 saturated carbocycles. The van der Waals surface area contributed by atoms with Crippen LogP contribution in [-0.2, 0) is 63.8 Å². The molecule has 2 heterocycles. The molecule has 10 amide bonds. The van der Waals surface area contributed by atoms with E-state index >= 15 is 0 Å². The van der Waals surface area contributed by atoms with Gasteiger partial charge in [0.15, 0.2) is 0 Å². The lowest BCUT2D eigenvalue weighted by Gasteiger charge is -2.41. The summed E-state index contributed by atoms with van der Waals surface area (Å²) in [5, 5.41) is 17.1. The molecule has 23 nitrogen and oxygen atoms in total. The van der Waals surface area contributed by atoms with E-state index in [4.69, 9.17) is 15.2 Å². The molecule has 1 aromatic carbocycles. The van der Waals surface area contributed by atoms with Crippen molar-refractivity contribution >= 4 is 70.8 Å². The third-order valence-electron chi connectivity index (χ3n) is 15.9. The van der Waals surface area contributed by atoms with E-state index in [1.54, 1.807) is 23.8 Å². The van der Waals surface area contributed by atoms with Gasteiger partial charge in [-0.1, -0.05) is 85.2 Å². The lowest BCUT2D eigenvalue weighted by molar-refractivity contribution is -0.148. The molecule has 0 aromatic heterocycles. The smallest absolute Gasteiger partial charge is 0.253 e. The number of carbonyl (C=O) groups excluding carboxylic acids is 10. The maximum atomic E-state index is 14.6. The van der Waals surface area contributed by atoms with E-state index in [-0.39, 0.29) is 87.2 Å². The third-order valence-corrected chi connectivity index (χ3v) is 16.5. The van der Waals surface area contributed by atoms with Crippen molar-refractivity contribution in [2.24, 2.45) is 29.4 Å². The van der Waals surface area contributed by atoms with Crippen LogP contribution in [0.1, 0.15) is 112 Å². The summed E-state index contributed by atoms with van der Waals surface area (Å²) in [5.41, 5.74) is 6.50. The molecule has 3 rings (SSSR count). The minimum absolute atomic E-state index is 0.00683. The molecular formula is C60H99N11O12S. The first kappa shape index (κ1) is 72.3. The van der Waals surface area contributed by atoms with Gasteiger partial charge < -0.3 is 56.9 Å². The van der Waals surface area contributed by atoms with Gasteiger partial charge in [-0.15, -0.1) is 0 Å². The number of likely N-dealkylation sites (tertiary alicyclic amines) is 1. The number of nitrogens with two attached hydrogens (primary N) is 1. The lowest BCUT2D eigenvalue weighted by Crippen LogP contribution is -2.60. The zero-order valence-electron chi connectivity index (χ0n) is 52.0. The topological polar surface area (TPSA) is 300 Å². The lowest BCUT2D eigenvalue weighted by atomic mass is 9.89. The summed E-state index contributed by atoms with van der Waals surface area (Å²) in [7, 11) is 8.36. The summed E-state index contributed by atoms with van der Waals surface area (Å²) in [4.78, 5) is 142. The maximum absolute atomic E-state index is 14.6. The number of amides is 10. The predicted molar refractivity (Wildman–Crippen MR) is 324 cm³/mol. The Morgan fingerprint density at radius 2 is 1.36 bits per heavy atom. The van der Waals surface area contributed by atoms with Gasteiger partial charge in [-0.3, -0.25) is 57.7 Å². The fourth-order valence-corrected chi connectivity index (χ4v) is 11.5. The minimum atomic E-state index is -1.18. The predicted octanol–water partition coefficient (Wildman–Crippen LogP) is 1.76. The highest BCUT2D eigenvalue weighted by Crippen LogP contribution is 2.30. The molecule has 2 aliphatic rings. The van der Waals surface area contributed by atoms with E-state index < -0.39 is 102 Å². The molecule has 84 heavy (non-hydrogen) atoms. The van der Waals surface area contributed by atoms with Crippen molar-refractivity contribution in [2.45, 2.75) is 167 Å². The number of ether oxygens (including phenoxy) is 2.